The summed E-state index contributed by atoms with van der Waals surface area (Å²) in [6, 6.07) is 1.01. The van der Waals surface area contributed by atoms with E-state index in [1.807, 2.05) is 0 Å². The van der Waals surface area contributed by atoms with Gasteiger partial charge in [-0.2, -0.15) is 4.98 Å². The van der Waals surface area contributed by atoms with E-state index in [-0.39, 0.29) is 27.0 Å². The van der Waals surface area contributed by atoms with Crippen molar-refractivity contribution in [3.8, 4) is 0 Å². The third-order valence-electron chi connectivity index (χ3n) is 2.65. The highest BCUT2D eigenvalue weighted by Gasteiger charge is 2.29. The zero-order valence-corrected chi connectivity index (χ0v) is 10.2. The van der Waals surface area contributed by atoms with E-state index in [9.17, 15) is 13.8 Å². The lowest BCUT2D eigenvalue weighted by Crippen LogP contribution is -2.26. The Morgan fingerprint density at radius 3 is 3.11 bits per heavy atom. The molecular weight excluding hydrogens is 260 g/mol. The van der Waals surface area contributed by atoms with Crippen molar-refractivity contribution in [3.63, 3.8) is 0 Å². The summed E-state index contributed by atoms with van der Waals surface area (Å²) in [7, 11) is -0.203. The molecule has 6 nitrogen and oxygen atoms in total. The van der Waals surface area contributed by atoms with E-state index < -0.39 is 23.7 Å². The molecule has 0 radical (unpaired) electrons. The Morgan fingerprint density at radius 2 is 2.44 bits per heavy atom. The molecule has 2 N–H and O–H groups in total. The van der Waals surface area contributed by atoms with Crippen LogP contribution in [0.4, 0.5) is 10.2 Å². The van der Waals surface area contributed by atoms with Crippen LogP contribution in [0, 0.1) is 0 Å². The minimum absolute atomic E-state index is 0.0759. The van der Waals surface area contributed by atoms with E-state index in [4.69, 9.17) is 10.5 Å². The van der Waals surface area contributed by atoms with Crippen molar-refractivity contribution in [3.05, 3.63) is 34.7 Å². The molecule has 1 heterocycles. The van der Waals surface area contributed by atoms with Gasteiger partial charge in [0.1, 0.15) is 24.1 Å². The number of hydrogen-bond donors (Lipinski definition) is 1. The van der Waals surface area contributed by atoms with Gasteiger partial charge in [0.05, 0.1) is 6.04 Å². The molecule has 1 aromatic rings. The molecule has 0 amide bonds. The molecule has 0 saturated carbocycles. The average Bonchev–Trinajstić information content (AvgIpc) is 2.68. The number of allylic oxidation sites excluding steroid dienone is 1. The molecule has 1 aromatic heterocycles. The van der Waals surface area contributed by atoms with Crippen LogP contribution in [0.15, 0.2) is 29.0 Å². The van der Waals surface area contributed by atoms with Gasteiger partial charge in [0, 0.05) is 12.6 Å². The third-order valence-corrected chi connectivity index (χ3v) is 2.91. The monoisotopic (exact) mass is 271 g/mol. The Labute approximate surface area is 103 Å². The molecule has 0 aliphatic heterocycles. The van der Waals surface area contributed by atoms with Gasteiger partial charge in [-0.1, -0.05) is 0 Å². The molecule has 8 heteroatoms. The number of rotatable bonds is 4. The number of nitrogens with two attached hydrogens (primary N) is 1. The van der Waals surface area contributed by atoms with Gasteiger partial charge in [-0.15, -0.1) is 0 Å². The van der Waals surface area contributed by atoms with Crippen LogP contribution in [0.25, 0.3) is 0 Å². The van der Waals surface area contributed by atoms with Crippen LogP contribution in [0.2, 0.25) is 0 Å². The van der Waals surface area contributed by atoms with Crippen molar-refractivity contribution < 1.29 is 13.7 Å². The van der Waals surface area contributed by atoms with Crippen molar-refractivity contribution >= 4 is 14.3 Å². The Bertz CT molecular complexity index is 545. The van der Waals surface area contributed by atoms with E-state index in [1.165, 1.54) is 22.9 Å². The van der Waals surface area contributed by atoms with Crippen molar-refractivity contribution in [1.82, 2.24) is 9.55 Å². The zero-order valence-electron chi connectivity index (χ0n) is 9.32. The second kappa shape index (κ2) is 5.37. The molecule has 0 unspecified atom stereocenters. The fraction of sp³-hybridized carbons (Fsp3) is 0.400. The Morgan fingerprint density at radius 1 is 1.67 bits per heavy atom. The molecule has 0 fully saturated rings. The zero-order chi connectivity index (χ0) is 13.1. The van der Waals surface area contributed by atoms with Gasteiger partial charge < -0.3 is 10.5 Å². The minimum atomic E-state index is -0.763. The molecule has 2 atom stereocenters. The van der Waals surface area contributed by atoms with Crippen LogP contribution in [0.1, 0.15) is 12.5 Å². The topological polar surface area (TPSA) is 87.2 Å². The maximum atomic E-state index is 13.5. The number of nitrogens with zero attached hydrogens (tertiary/aromatic N) is 2. The second-order valence-electron chi connectivity index (χ2n) is 3.81. The molecule has 0 spiro atoms. The SMILES string of the molecule is Nc1ccn([C@H]2C=C(F)[C@@H](OCP=O)C2)c(=O)n1. The van der Waals surface area contributed by atoms with Gasteiger partial charge in [0.2, 0.25) is 0 Å². The summed E-state index contributed by atoms with van der Waals surface area (Å²) in [5, 5.41) is 0. The summed E-state index contributed by atoms with van der Waals surface area (Å²) in [6.45, 7) is 0. The lowest BCUT2D eigenvalue weighted by molar-refractivity contribution is 0.0940. The van der Waals surface area contributed by atoms with Crippen LogP contribution in [-0.2, 0) is 9.30 Å². The van der Waals surface area contributed by atoms with Crippen LogP contribution >= 0.6 is 8.46 Å². The fourth-order valence-electron chi connectivity index (χ4n) is 1.83. The standard InChI is InChI=1S/C10H11FN3O3P/c11-7-3-6(4-8(7)17-5-18-16)14-2-1-9(12)13-10(14)15/h1-3,6,8H,4-5H2,(H2,12,13,15)/t6-,8-/m0/s1. The summed E-state index contributed by atoms with van der Waals surface area (Å²) in [4.78, 5) is 15.2. The smallest absolute Gasteiger partial charge is 0.350 e. The minimum Gasteiger partial charge on any atom is -0.383 e. The van der Waals surface area contributed by atoms with Crippen molar-refractivity contribution in [2.75, 3.05) is 12.1 Å². The Hall–Kier alpha value is -1.59. The maximum Gasteiger partial charge on any atom is 0.350 e. The first-order chi connectivity index (χ1) is 8.61. The van der Waals surface area contributed by atoms with E-state index in [2.05, 4.69) is 4.98 Å². The summed E-state index contributed by atoms with van der Waals surface area (Å²) in [5.41, 5.74) is 4.84. The van der Waals surface area contributed by atoms with Crippen LogP contribution < -0.4 is 11.4 Å². The van der Waals surface area contributed by atoms with Gasteiger partial charge >= 0.3 is 5.69 Å². The number of aromatic nitrogens is 2. The lowest BCUT2D eigenvalue weighted by atomic mass is 10.2. The lowest BCUT2D eigenvalue weighted by Gasteiger charge is -2.13. The van der Waals surface area contributed by atoms with E-state index >= 15 is 0 Å². The number of halogens is 1. The second-order valence-corrected chi connectivity index (χ2v) is 4.33. The Kier molecular flexibility index (Phi) is 3.84. The third kappa shape index (κ3) is 2.63. The van der Waals surface area contributed by atoms with E-state index in [0.717, 1.165) is 0 Å². The largest absolute Gasteiger partial charge is 0.383 e. The highest BCUT2D eigenvalue weighted by Crippen LogP contribution is 2.31. The maximum absolute atomic E-state index is 13.5. The quantitative estimate of drug-likeness (QED) is 0.833. The van der Waals surface area contributed by atoms with Crippen molar-refractivity contribution in [2.45, 2.75) is 18.6 Å². The highest BCUT2D eigenvalue weighted by atomic mass is 31.1. The van der Waals surface area contributed by atoms with Gasteiger partial charge in [-0.05, 0) is 12.1 Å². The first-order valence-corrected chi connectivity index (χ1v) is 6.24. The predicted octanol–water partition coefficient (Wildman–Crippen LogP) is 1.26. The molecular formula is C10H11FN3O3P. The number of hydrogen-bond acceptors (Lipinski definition) is 5. The predicted molar refractivity (Wildman–Crippen MR) is 63.1 cm³/mol. The van der Waals surface area contributed by atoms with Gasteiger partial charge in [0.15, 0.2) is 8.46 Å². The highest BCUT2D eigenvalue weighted by molar-refractivity contribution is 7.23. The first-order valence-electron chi connectivity index (χ1n) is 5.24. The number of ether oxygens (including phenoxy) is 1. The number of nitrogen functional groups attached to an aromatic ring is 1. The molecule has 18 heavy (non-hydrogen) atoms. The van der Waals surface area contributed by atoms with Gasteiger partial charge in [-0.3, -0.25) is 9.13 Å². The van der Waals surface area contributed by atoms with Crippen LogP contribution in [-0.4, -0.2) is 22.0 Å². The van der Waals surface area contributed by atoms with E-state index in [0.29, 0.717) is 0 Å². The molecule has 0 bridgehead atoms. The van der Waals surface area contributed by atoms with Crippen molar-refractivity contribution in [2.24, 2.45) is 0 Å². The summed E-state index contributed by atoms with van der Waals surface area (Å²) in [5.74, 6) is -0.343. The Balaban J connectivity index is 2.17. The molecule has 2 rings (SSSR count). The van der Waals surface area contributed by atoms with Gasteiger partial charge in [0.25, 0.3) is 0 Å². The van der Waals surface area contributed by atoms with Crippen molar-refractivity contribution in [1.29, 1.82) is 0 Å². The average molecular weight is 271 g/mol. The summed E-state index contributed by atoms with van der Waals surface area (Å²) in [6.07, 6.45) is 2.19. The molecule has 1 aliphatic rings. The van der Waals surface area contributed by atoms with Crippen LogP contribution in [0.3, 0.4) is 0 Å². The molecule has 0 aromatic carbocycles. The number of anilines is 1. The van der Waals surface area contributed by atoms with Crippen LogP contribution in [0.5, 0.6) is 0 Å². The summed E-state index contributed by atoms with van der Waals surface area (Å²) < 4.78 is 30.1. The molecule has 96 valence electrons. The fourth-order valence-corrected chi connectivity index (χ4v) is 2.07. The van der Waals surface area contributed by atoms with Gasteiger partial charge in [-0.25, -0.2) is 9.18 Å². The first kappa shape index (κ1) is 12.9. The normalized spacial score (nSPS) is 23.3. The molecule has 0 saturated heterocycles. The molecule has 1 aliphatic carbocycles. The van der Waals surface area contributed by atoms with E-state index in [1.54, 1.807) is 0 Å². The summed E-state index contributed by atoms with van der Waals surface area (Å²) >= 11 is 0.